The van der Waals surface area contributed by atoms with Crippen LogP contribution in [0.5, 0.6) is 0 Å². The third kappa shape index (κ3) is 51.9. The van der Waals surface area contributed by atoms with Gasteiger partial charge in [-0.1, -0.05) is 242 Å². The monoisotopic (exact) mass is 909 g/mol. The average molecular weight is 909 g/mol. The van der Waals surface area contributed by atoms with Crippen LogP contribution in [0.1, 0.15) is 278 Å². The summed E-state index contributed by atoms with van der Waals surface area (Å²) in [6.07, 6.45) is 66.5. The van der Waals surface area contributed by atoms with Gasteiger partial charge < -0.3 is 14.2 Å². The molecule has 0 aromatic carbocycles. The Bertz CT molecular complexity index is 1180. The molecule has 376 valence electrons. The summed E-state index contributed by atoms with van der Waals surface area (Å²) in [4.78, 5) is 38.0. The van der Waals surface area contributed by atoms with E-state index in [1.165, 1.54) is 148 Å². The normalized spacial score (nSPS) is 12.5. The number of carbonyl (C=O) groups excluding carboxylic acids is 3. The third-order valence-corrected chi connectivity index (χ3v) is 12.0. The van der Waals surface area contributed by atoms with Gasteiger partial charge in [-0.15, -0.1) is 0 Å². The molecule has 0 aliphatic heterocycles. The van der Waals surface area contributed by atoms with Gasteiger partial charge in [-0.05, 0) is 77.0 Å². The predicted octanol–water partition coefficient (Wildman–Crippen LogP) is 18.4. The fourth-order valence-corrected chi connectivity index (χ4v) is 7.83. The van der Waals surface area contributed by atoms with Crippen molar-refractivity contribution < 1.29 is 28.6 Å². The van der Waals surface area contributed by atoms with Gasteiger partial charge >= 0.3 is 17.9 Å². The molecule has 0 saturated carbocycles. The minimum Gasteiger partial charge on any atom is -0.462 e. The minimum absolute atomic E-state index is 0.0899. The van der Waals surface area contributed by atoms with Crippen molar-refractivity contribution >= 4 is 17.9 Å². The maximum absolute atomic E-state index is 12.8. The molecule has 65 heavy (non-hydrogen) atoms. The Morgan fingerprint density at radius 1 is 0.323 bits per heavy atom. The van der Waals surface area contributed by atoms with E-state index >= 15 is 0 Å². The number of unbranched alkanes of at least 4 members (excludes halogenated alkanes) is 29. The molecule has 0 rings (SSSR count). The second kappa shape index (κ2) is 53.7. The van der Waals surface area contributed by atoms with Crippen molar-refractivity contribution in [3.05, 3.63) is 60.8 Å². The number of ether oxygens (including phenoxy) is 3. The number of hydrogen-bond acceptors (Lipinski definition) is 6. The molecule has 0 amide bonds. The number of allylic oxidation sites excluding steroid dienone is 10. The molecule has 0 bridgehead atoms. The van der Waals surface area contributed by atoms with Crippen LogP contribution in [-0.2, 0) is 28.6 Å². The van der Waals surface area contributed by atoms with Crippen molar-refractivity contribution in [3.8, 4) is 0 Å². The van der Waals surface area contributed by atoms with Crippen LogP contribution in [0.15, 0.2) is 60.8 Å². The standard InChI is InChI=1S/C59H104O6/c1-4-7-10-13-16-19-22-24-26-27-28-29-30-31-33-35-38-41-44-47-50-53-59(62)65-56(54-63-57(60)51-48-45-42-39-36-21-18-15-12-9-6-3)55-64-58(61)52-49-46-43-40-37-34-32-25-23-20-17-14-11-8-5-2/h8,11,15,17-18,20,25,32,37,40,56H,4-7,9-10,12-14,16,19,21-24,26-31,33-36,38-39,41-55H2,1-3H3/b11-8-,18-15-,20-17-,32-25-,40-37-/t56-/m0/s1. The van der Waals surface area contributed by atoms with Crippen molar-refractivity contribution in [1.82, 2.24) is 0 Å². The van der Waals surface area contributed by atoms with Gasteiger partial charge in [-0.2, -0.15) is 0 Å². The third-order valence-electron chi connectivity index (χ3n) is 12.0. The molecule has 0 N–H and O–H groups in total. The lowest BCUT2D eigenvalue weighted by Crippen LogP contribution is -2.30. The lowest BCUT2D eigenvalue weighted by Gasteiger charge is -2.18. The van der Waals surface area contributed by atoms with Gasteiger partial charge in [0.05, 0.1) is 0 Å². The highest BCUT2D eigenvalue weighted by Gasteiger charge is 2.19. The molecule has 1 atom stereocenters. The van der Waals surface area contributed by atoms with Crippen molar-refractivity contribution in [2.24, 2.45) is 0 Å². The van der Waals surface area contributed by atoms with E-state index in [4.69, 9.17) is 14.2 Å². The van der Waals surface area contributed by atoms with Crippen molar-refractivity contribution in [2.75, 3.05) is 13.2 Å². The van der Waals surface area contributed by atoms with Gasteiger partial charge in [-0.25, -0.2) is 0 Å². The summed E-state index contributed by atoms with van der Waals surface area (Å²) in [5.41, 5.74) is 0. The van der Waals surface area contributed by atoms with Gasteiger partial charge in [0, 0.05) is 19.3 Å². The van der Waals surface area contributed by atoms with Gasteiger partial charge in [0.2, 0.25) is 0 Å². The predicted molar refractivity (Wildman–Crippen MR) is 279 cm³/mol. The summed E-state index contributed by atoms with van der Waals surface area (Å²) in [5, 5.41) is 0. The van der Waals surface area contributed by atoms with Crippen LogP contribution in [0.3, 0.4) is 0 Å². The van der Waals surface area contributed by atoms with Crippen LogP contribution >= 0.6 is 0 Å². The first-order chi connectivity index (χ1) is 32.0. The van der Waals surface area contributed by atoms with E-state index in [0.29, 0.717) is 19.3 Å². The quantitative estimate of drug-likeness (QED) is 0.0262. The summed E-state index contributed by atoms with van der Waals surface area (Å²) in [6.45, 7) is 6.47. The van der Waals surface area contributed by atoms with Crippen molar-refractivity contribution in [2.45, 2.75) is 284 Å². The highest BCUT2D eigenvalue weighted by molar-refractivity contribution is 5.71. The Morgan fingerprint density at radius 2 is 0.615 bits per heavy atom. The van der Waals surface area contributed by atoms with E-state index in [-0.39, 0.29) is 31.1 Å². The van der Waals surface area contributed by atoms with Crippen LogP contribution in [0.2, 0.25) is 0 Å². The van der Waals surface area contributed by atoms with Crippen molar-refractivity contribution in [1.29, 1.82) is 0 Å². The topological polar surface area (TPSA) is 78.9 Å². The van der Waals surface area contributed by atoms with Crippen LogP contribution in [-0.4, -0.2) is 37.2 Å². The smallest absolute Gasteiger partial charge is 0.306 e. The molecule has 6 nitrogen and oxygen atoms in total. The highest BCUT2D eigenvalue weighted by atomic mass is 16.6. The van der Waals surface area contributed by atoms with Gasteiger partial charge in [-0.3, -0.25) is 14.4 Å². The lowest BCUT2D eigenvalue weighted by atomic mass is 10.0. The zero-order valence-corrected chi connectivity index (χ0v) is 43.0. The molecule has 0 unspecified atom stereocenters. The number of carbonyl (C=O) groups is 3. The van der Waals surface area contributed by atoms with Crippen molar-refractivity contribution in [3.63, 3.8) is 0 Å². The van der Waals surface area contributed by atoms with Gasteiger partial charge in [0.25, 0.3) is 0 Å². The Labute approximate surface area is 402 Å². The largest absolute Gasteiger partial charge is 0.462 e. The molecule has 0 aliphatic carbocycles. The van der Waals surface area contributed by atoms with E-state index in [1.54, 1.807) is 0 Å². The molecule has 0 saturated heterocycles. The average Bonchev–Trinajstić information content (AvgIpc) is 3.30. The van der Waals surface area contributed by atoms with E-state index < -0.39 is 6.10 Å². The Morgan fingerprint density at radius 3 is 1.03 bits per heavy atom. The van der Waals surface area contributed by atoms with E-state index in [2.05, 4.69) is 81.5 Å². The minimum atomic E-state index is -0.792. The summed E-state index contributed by atoms with van der Waals surface area (Å²) in [5.74, 6) is -0.933. The fourth-order valence-electron chi connectivity index (χ4n) is 7.83. The van der Waals surface area contributed by atoms with Crippen LogP contribution < -0.4 is 0 Å². The molecule has 0 spiro atoms. The molecule has 0 radical (unpaired) electrons. The Balaban J connectivity index is 4.34. The molecular weight excluding hydrogens is 805 g/mol. The van der Waals surface area contributed by atoms with Gasteiger partial charge in [0.15, 0.2) is 6.10 Å². The zero-order valence-electron chi connectivity index (χ0n) is 43.0. The zero-order chi connectivity index (χ0) is 47.2. The molecule has 0 aliphatic rings. The highest BCUT2D eigenvalue weighted by Crippen LogP contribution is 2.16. The molecule has 6 heteroatoms. The second-order valence-electron chi connectivity index (χ2n) is 18.5. The molecule has 0 heterocycles. The lowest BCUT2D eigenvalue weighted by molar-refractivity contribution is -0.167. The second-order valence-corrected chi connectivity index (χ2v) is 18.5. The number of hydrogen-bond donors (Lipinski definition) is 0. The summed E-state index contributed by atoms with van der Waals surface area (Å²) < 4.78 is 16.8. The van der Waals surface area contributed by atoms with Crippen LogP contribution in [0, 0.1) is 0 Å². The first-order valence-electron chi connectivity index (χ1n) is 27.8. The van der Waals surface area contributed by atoms with Gasteiger partial charge in [0.1, 0.15) is 13.2 Å². The Kier molecular flexibility index (Phi) is 51.3. The number of esters is 3. The molecule has 0 aromatic heterocycles. The maximum atomic E-state index is 12.8. The first kappa shape index (κ1) is 62.1. The molecular formula is C59H104O6. The molecule has 0 fully saturated rings. The van der Waals surface area contributed by atoms with E-state index in [1.807, 2.05) is 0 Å². The Hall–Kier alpha value is -2.89. The van der Waals surface area contributed by atoms with E-state index in [9.17, 15) is 14.4 Å². The molecule has 0 aromatic rings. The summed E-state index contributed by atoms with van der Waals surface area (Å²) in [6, 6.07) is 0. The number of rotatable bonds is 50. The maximum Gasteiger partial charge on any atom is 0.306 e. The van der Waals surface area contributed by atoms with Crippen LogP contribution in [0.25, 0.3) is 0 Å². The summed E-state index contributed by atoms with van der Waals surface area (Å²) in [7, 11) is 0. The summed E-state index contributed by atoms with van der Waals surface area (Å²) >= 11 is 0. The fraction of sp³-hybridized carbons (Fsp3) is 0.780. The van der Waals surface area contributed by atoms with E-state index in [0.717, 1.165) is 89.9 Å². The van der Waals surface area contributed by atoms with Crippen LogP contribution in [0.4, 0.5) is 0 Å². The first-order valence-corrected chi connectivity index (χ1v) is 27.8. The SMILES string of the molecule is CC/C=C\C/C=C\C/C=C\C/C=C\CCCCC(=O)OC[C@H](COC(=O)CCCCCCC/C=C\CCCC)OC(=O)CCCCCCCCCCCCCCCCCCCCCCC.